The van der Waals surface area contributed by atoms with Crippen molar-refractivity contribution >= 4 is 21.8 Å². The predicted octanol–water partition coefficient (Wildman–Crippen LogP) is 11.2. The summed E-state index contributed by atoms with van der Waals surface area (Å²) in [7, 11) is 0. The Morgan fingerprint density at radius 2 is 1.35 bits per heavy atom. The highest BCUT2D eigenvalue weighted by molar-refractivity contribution is 6.09. The molecular weight excluding hydrogens is 522 g/mol. The minimum absolute atomic E-state index is 0.0457. The Kier molecular flexibility index (Phi) is 3.51. The monoisotopic (exact) mass is 567 g/mol. The molecule has 2 heterocycles. The molecule has 0 amide bonds. The average molecular weight is 568 g/mol. The smallest absolute Gasteiger partial charge is 0.139 e. The molecule has 0 saturated carbocycles. The molecule has 0 fully saturated rings. The van der Waals surface area contributed by atoms with Crippen LogP contribution >= 0.6 is 0 Å². The molecule has 0 N–H and O–H groups in total. The molecule has 0 radical (unpaired) electrons. The van der Waals surface area contributed by atoms with Gasteiger partial charge in [0.15, 0.2) is 0 Å². The van der Waals surface area contributed by atoms with Crippen molar-refractivity contribution in [1.82, 2.24) is 4.57 Å². The molecule has 2 heteroatoms. The van der Waals surface area contributed by atoms with Gasteiger partial charge in [-0.25, -0.2) is 0 Å². The summed E-state index contributed by atoms with van der Waals surface area (Å²) < 4.78 is 113. The predicted molar refractivity (Wildman–Crippen MR) is 180 cm³/mol. The second kappa shape index (κ2) is 9.47. The standard InChI is InChI=1S/C41H33NO/c1-26-23-24-30(27(2)39(26)33-17-12-19-35-40(33)43-38-22-10-7-18-34(38)41(35,3)4)28-13-11-14-29(25-28)42-36-20-8-5-15-31(36)32-16-6-9-21-37(32)42/h5-25H,1-4H3/i1D3,2D3,3D3,4D3. The molecule has 1 aromatic heterocycles. The lowest BCUT2D eigenvalue weighted by Gasteiger charge is -2.35. The van der Waals surface area contributed by atoms with E-state index in [-0.39, 0.29) is 50.4 Å². The van der Waals surface area contributed by atoms with E-state index in [1.165, 1.54) is 48.5 Å². The van der Waals surface area contributed by atoms with Gasteiger partial charge in [-0.2, -0.15) is 0 Å². The minimum Gasteiger partial charge on any atom is -0.456 e. The van der Waals surface area contributed by atoms with Crippen LogP contribution in [0.2, 0.25) is 0 Å². The third kappa shape index (κ3) is 3.79. The fourth-order valence-electron chi connectivity index (χ4n) is 6.40. The van der Waals surface area contributed by atoms with Crippen LogP contribution in [0, 0.1) is 13.7 Å². The number of fused-ring (bicyclic) bond motifs is 5. The third-order valence-electron chi connectivity index (χ3n) is 8.39. The summed E-state index contributed by atoms with van der Waals surface area (Å²) in [5, 5.41) is 2.08. The number of aromatic nitrogens is 1. The lowest BCUT2D eigenvalue weighted by atomic mass is 9.74. The highest BCUT2D eigenvalue weighted by Crippen LogP contribution is 2.52. The van der Waals surface area contributed by atoms with Crippen LogP contribution in [0.4, 0.5) is 0 Å². The lowest BCUT2D eigenvalue weighted by molar-refractivity contribution is 0.419. The van der Waals surface area contributed by atoms with Crippen LogP contribution in [0.5, 0.6) is 11.5 Å². The Morgan fingerprint density at radius 3 is 2.12 bits per heavy atom. The maximum absolute atomic E-state index is 8.92. The molecule has 208 valence electrons. The van der Waals surface area contributed by atoms with E-state index in [1.54, 1.807) is 18.2 Å². The number of hydrogen-bond acceptors (Lipinski definition) is 1. The van der Waals surface area contributed by atoms with Gasteiger partial charge in [-0.3, -0.25) is 0 Å². The molecule has 0 bridgehead atoms. The van der Waals surface area contributed by atoms with Crippen molar-refractivity contribution < 1.29 is 21.2 Å². The van der Waals surface area contributed by atoms with Gasteiger partial charge in [0, 0.05) is 55.0 Å². The number of benzene rings is 6. The third-order valence-corrected chi connectivity index (χ3v) is 8.39. The number of para-hydroxylation sites is 4. The Balaban J connectivity index is 1.45. The molecule has 0 aliphatic carbocycles. The van der Waals surface area contributed by atoms with E-state index in [0.717, 1.165) is 27.5 Å². The van der Waals surface area contributed by atoms with Crippen molar-refractivity contribution in [3.05, 3.63) is 150 Å². The highest BCUT2D eigenvalue weighted by atomic mass is 16.5. The maximum atomic E-state index is 8.92. The summed E-state index contributed by atoms with van der Waals surface area (Å²) in [5.41, 5.74) is -0.460. The molecule has 43 heavy (non-hydrogen) atoms. The summed E-state index contributed by atoms with van der Waals surface area (Å²) in [6, 6.07) is 36.3. The minimum atomic E-state index is -3.15. The molecule has 2 nitrogen and oxygen atoms in total. The fourth-order valence-corrected chi connectivity index (χ4v) is 6.40. The van der Waals surface area contributed by atoms with E-state index in [0.29, 0.717) is 5.56 Å². The quantitative estimate of drug-likeness (QED) is 0.207. The molecule has 0 saturated heterocycles. The first kappa shape index (κ1) is 16.0. The number of ether oxygens (including phenoxy) is 1. The Labute approximate surface area is 269 Å². The van der Waals surface area contributed by atoms with Gasteiger partial charge in [-0.1, -0.05) is 111 Å². The molecule has 1 aliphatic heterocycles. The van der Waals surface area contributed by atoms with E-state index in [2.05, 4.69) is 4.57 Å². The van der Waals surface area contributed by atoms with Gasteiger partial charge < -0.3 is 9.30 Å². The van der Waals surface area contributed by atoms with Gasteiger partial charge in [-0.15, -0.1) is 0 Å². The second-order valence-electron chi connectivity index (χ2n) is 10.9. The van der Waals surface area contributed by atoms with Crippen LogP contribution in [-0.2, 0) is 5.41 Å². The van der Waals surface area contributed by atoms with Gasteiger partial charge in [0.05, 0.1) is 11.0 Å². The molecule has 6 aromatic carbocycles. The van der Waals surface area contributed by atoms with E-state index in [9.17, 15) is 0 Å². The Morgan fingerprint density at radius 1 is 0.628 bits per heavy atom. The Hall–Kier alpha value is -5.08. The normalized spacial score (nSPS) is 18.8. The summed E-state index contributed by atoms with van der Waals surface area (Å²) in [6.07, 6.45) is 0. The fraction of sp³-hybridized carbons (Fsp3) is 0.122. The van der Waals surface area contributed by atoms with E-state index in [4.69, 9.17) is 21.2 Å². The van der Waals surface area contributed by atoms with Crippen LogP contribution in [0.3, 0.4) is 0 Å². The van der Waals surface area contributed by atoms with Crippen molar-refractivity contribution in [2.75, 3.05) is 0 Å². The van der Waals surface area contributed by atoms with Gasteiger partial charge in [0.1, 0.15) is 11.5 Å². The van der Waals surface area contributed by atoms with Crippen molar-refractivity contribution in [2.24, 2.45) is 0 Å². The summed E-state index contributed by atoms with van der Waals surface area (Å²) in [4.78, 5) is 0. The van der Waals surface area contributed by atoms with Gasteiger partial charge in [0.25, 0.3) is 0 Å². The van der Waals surface area contributed by atoms with Crippen molar-refractivity contribution in [3.8, 4) is 39.4 Å². The van der Waals surface area contributed by atoms with E-state index < -0.39 is 32.8 Å². The first-order chi connectivity index (χ1) is 25.9. The lowest BCUT2D eigenvalue weighted by Crippen LogP contribution is -2.24. The summed E-state index contributed by atoms with van der Waals surface area (Å²) in [6.45, 7) is -12.1. The number of rotatable bonds is 3. The molecule has 0 unspecified atom stereocenters. The van der Waals surface area contributed by atoms with Gasteiger partial charge in [0.2, 0.25) is 0 Å². The molecule has 0 spiro atoms. The average Bonchev–Trinajstić information content (AvgIpc) is 3.45. The summed E-state index contributed by atoms with van der Waals surface area (Å²) >= 11 is 0. The molecule has 1 aliphatic rings. The molecule has 8 rings (SSSR count). The zero-order valence-electron chi connectivity index (χ0n) is 35.0. The van der Waals surface area contributed by atoms with Crippen molar-refractivity contribution in [3.63, 3.8) is 0 Å². The topological polar surface area (TPSA) is 14.2 Å². The van der Waals surface area contributed by atoms with Crippen LogP contribution in [-0.4, -0.2) is 4.57 Å². The van der Waals surface area contributed by atoms with E-state index >= 15 is 0 Å². The highest BCUT2D eigenvalue weighted by Gasteiger charge is 2.35. The van der Waals surface area contributed by atoms with Crippen LogP contribution in [0.1, 0.15) is 52.4 Å². The van der Waals surface area contributed by atoms with Gasteiger partial charge in [-0.05, 0) is 71.9 Å². The van der Waals surface area contributed by atoms with Crippen molar-refractivity contribution in [1.29, 1.82) is 0 Å². The largest absolute Gasteiger partial charge is 0.456 e. The van der Waals surface area contributed by atoms with E-state index in [1.807, 2.05) is 60.7 Å². The first-order valence-corrected chi connectivity index (χ1v) is 14.0. The number of hydrogen-bond donors (Lipinski definition) is 0. The van der Waals surface area contributed by atoms with Crippen LogP contribution < -0.4 is 4.74 Å². The van der Waals surface area contributed by atoms with Crippen LogP contribution in [0.25, 0.3) is 49.7 Å². The molecule has 7 aromatic rings. The second-order valence-corrected chi connectivity index (χ2v) is 10.9. The number of nitrogens with zero attached hydrogens (tertiary/aromatic N) is 1. The SMILES string of the molecule is [2H]C([2H])([2H])c1ccc(-c2cccc(-n3c4ccccc4c4ccccc43)c2)c(C([2H])([2H])[2H])c1-c1cccc2c1Oc1ccccc1C2(C([2H])([2H])[2H])C([2H])([2H])[2H]. The van der Waals surface area contributed by atoms with Gasteiger partial charge >= 0.3 is 0 Å². The Bertz CT molecular complexity index is 2580. The zero-order valence-corrected chi connectivity index (χ0v) is 23.0. The molecule has 0 atom stereocenters. The maximum Gasteiger partial charge on any atom is 0.139 e. The van der Waals surface area contributed by atoms with Crippen LogP contribution in [0.15, 0.2) is 127 Å². The first-order valence-electron chi connectivity index (χ1n) is 20.0. The molecular formula is C41H33NO. The summed E-state index contributed by atoms with van der Waals surface area (Å²) in [5.74, 6) is -0.281. The zero-order chi connectivity index (χ0) is 39.3. The van der Waals surface area contributed by atoms with Crippen molar-refractivity contribution in [2.45, 2.75) is 32.8 Å². The number of aryl methyl sites for hydroxylation is 1.